The lowest BCUT2D eigenvalue weighted by atomic mass is 9.93. The molecule has 0 amide bonds. The van der Waals surface area contributed by atoms with Crippen molar-refractivity contribution < 1.29 is 4.74 Å². The molecule has 57 valence electrons. The van der Waals surface area contributed by atoms with Gasteiger partial charge in [-0.2, -0.15) is 0 Å². The van der Waals surface area contributed by atoms with Crippen LogP contribution in [0.15, 0.2) is 0 Å². The van der Waals surface area contributed by atoms with E-state index in [0.717, 1.165) is 32.5 Å². The average Bonchev–Trinajstić information content (AvgIpc) is 2.39. The fourth-order valence-corrected chi connectivity index (χ4v) is 1.80. The molecule has 1 radical (unpaired) electrons. The van der Waals surface area contributed by atoms with Crippen LogP contribution in [0, 0.1) is 6.42 Å². The summed E-state index contributed by atoms with van der Waals surface area (Å²) < 4.78 is 5.73. The molecule has 0 aliphatic carbocycles. The fraction of sp³-hybridized carbons (Fsp3) is 0.875. The molecule has 1 spiro atoms. The molecule has 0 aromatic carbocycles. The van der Waals surface area contributed by atoms with E-state index in [9.17, 15) is 0 Å². The first kappa shape index (κ1) is 6.62. The Hall–Kier alpha value is -0.0800. The van der Waals surface area contributed by atoms with Crippen LogP contribution in [0.3, 0.4) is 0 Å². The van der Waals surface area contributed by atoms with E-state index in [0.29, 0.717) is 0 Å². The molecule has 2 aliphatic heterocycles. The smallest absolute Gasteiger partial charge is 0.0821 e. The van der Waals surface area contributed by atoms with Crippen molar-refractivity contribution in [1.29, 1.82) is 0 Å². The van der Waals surface area contributed by atoms with Gasteiger partial charge in [-0.1, -0.05) is 0 Å². The van der Waals surface area contributed by atoms with Crippen molar-refractivity contribution in [3.8, 4) is 0 Å². The lowest BCUT2D eigenvalue weighted by Crippen LogP contribution is -2.38. The molecule has 10 heavy (non-hydrogen) atoms. The standard InChI is InChI=1S/C8H14NO/c1-2-6-10-8(3-1)4-5-9-7-8/h1,9H,2-7H2. The number of nitrogens with one attached hydrogen (secondary N) is 1. The molecule has 0 bridgehead atoms. The predicted octanol–water partition coefficient (Wildman–Crippen LogP) is 0.733. The molecule has 2 heterocycles. The van der Waals surface area contributed by atoms with E-state index in [1.807, 2.05) is 0 Å². The zero-order chi connectivity index (χ0) is 6.86. The first-order valence-electron chi connectivity index (χ1n) is 4.08. The average molecular weight is 140 g/mol. The highest BCUT2D eigenvalue weighted by molar-refractivity contribution is 4.96. The first-order valence-corrected chi connectivity index (χ1v) is 4.08. The van der Waals surface area contributed by atoms with Crippen molar-refractivity contribution in [2.75, 3.05) is 19.7 Å². The van der Waals surface area contributed by atoms with E-state index < -0.39 is 0 Å². The molecule has 2 rings (SSSR count). The molecule has 0 aromatic heterocycles. The summed E-state index contributed by atoms with van der Waals surface area (Å²) in [4.78, 5) is 0. The molecular weight excluding hydrogens is 126 g/mol. The maximum Gasteiger partial charge on any atom is 0.0821 e. The summed E-state index contributed by atoms with van der Waals surface area (Å²) in [6.45, 7) is 3.12. The Bertz CT molecular complexity index is 110. The van der Waals surface area contributed by atoms with Crippen molar-refractivity contribution in [3.63, 3.8) is 0 Å². The lowest BCUT2D eigenvalue weighted by molar-refractivity contribution is -0.0477. The highest BCUT2D eigenvalue weighted by Gasteiger charge is 2.35. The van der Waals surface area contributed by atoms with Crippen molar-refractivity contribution in [3.05, 3.63) is 6.42 Å². The van der Waals surface area contributed by atoms with Crippen LogP contribution in [-0.2, 0) is 4.74 Å². The Balaban J connectivity index is 1.98. The van der Waals surface area contributed by atoms with Crippen LogP contribution in [0.25, 0.3) is 0 Å². The Morgan fingerprint density at radius 3 is 3.10 bits per heavy atom. The van der Waals surface area contributed by atoms with E-state index in [1.54, 1.807) is 0 Å². The zero-order valence-electron chi connectivity index (χ0n) is 6.23. The van der Waals surface area contributed by atoms with Crippen LogP contribution in [0.2, 0.25) is 0 Å². The quantitative estimate of drug-likeness (QED) is 0.535. The minimum atomic E-state index is 0.207. The van der Waals surface area contributed by atoms with E-state index in [1.165, 1.54) is 6.42 Å². The molecule has 2 aliphatic rings. The third-order valence-electron chi connectivity index (χ3n) is 2.45. The van der Waals surface area contributed by atoms with Gasteiger partial charge in [0.25, 0.3) is 0 Å². The SMILES string of the molecule is [CH]1CCOC2(C1)CCNC2. The molecule has 1 N–H and O–H groups in total. The summed E-state index contributed by atoms with van der Waals surface area (Å²) in [6, 6.07) is 0. The molecule has 0 saturated carbocycles. The van der Waals surface area contributed by atoms with Gasteiger partial charge in [0, 0.05) is 13.2 Å². The molecular formula is C8H14NO. The molecule has 1 atom stereocenters. The summed E-state index contributed by atoms with van der Waals surface area (Å²) in [5.41, 5.74) is 0.207. The van der Waals surface area contributed by atoms with Crippen LogP contribution < -0.4 is 5.32 Å². The van der Waals surface area contributed by atoms with Gasteiger partial charge in [0.05, 0.1) is 5.60 Å². The summed E-state index contributed by atoms with van der Waals surface area (Å²) in [5, 5.41) is 3.34. The monoisotopic (exact) mass is 140 g/mol. The fourth-order valence-electron chi connectivity index (χ4n) is 1.80. The summed E-state index contributed by atoms with van der Waals surface area (Å²) in [7, 11) is 0. The Labute approximate surface area is 61.9 Å². The summed E-state index contributed by atoms with van der Waals surface area (Å²) in [5.74, 6) is 0. The summed E-state index contributed by atoms with van der Waals surface area (Å²) >= 11 is 0. The molecule has 2 fully saturated rings. The van der Waals surface area contributed by atoms with E-state index in [4.69, 9.17) is 4.74 Å². The minimum Gasteiger partial charge on any atom is -0.374 e. The third kappa shape index (κ3) is 1.06. The van der Waals surface area contributed by atoms with Crippen LogP contribution in [0.1, 0.15) is 19.3 Å². The Morgan fingerprint density at radius 2 is 2.50 bits per heavy atom. The normalized spacial score (nSPS) is 40.8. The molecule has 1 unspecified atom stereocenters. The van der Waals surface area contributed by atoms with E-state index >= 15 is 0 Å². The van der Waals surface area contributed by atoms with Gasteiger partial charge in [-0.25, -0.2) is 0 Å². The van der Waals surface area contributed by atoms with Crippen LogP contribution in [0.5, 0.6) is 0 Å². The van der Waals surface area contributed by atoms with Gasteiger partial charge in [-0.05, 0) is 32.2 Å². The number of rotatable bonds is 0. The maximum atomic E-state index is 5.73. The second kappa shape index (κ2) is 2.51. The van der Waals surface area contributed by atoms with Crippen molar-refractivity contribution in [2.24, 2.45) is 0 Å². The summed E-state index contributed by atoms with van der Waals surface area (Å²) in [6.07, 6.45) is 5.85. The zero-order valence-corrected chi connectivity index (χ0v) is 6.23. The largest absolute Gasteiger partial charge is 0.374 e. The van der Waals surface area contributed by atoms with Gasteiger partial charge in [0.2, 0.25) is 0 Å². The van der Waals surface area contributed by atoms with Gasteiger partial charge in [-0.15, -0.1) is 0 Å². The molecule has 2 saturated heterocycles. The Kier molecular flexibility index (Phi) is 1.66. The van der Waals surface area contributed by atoms with Gasteiger partial charge >= 0.3 is 0 Å². The molecule has 2 heteroatoms. The number of hydrogen-bond acceptors (Lipinski definition) is 2. The first-order chi connectivity index (χ1) is 4.91. The predicted molar refractivity (Wildman–Crippen MR) is 39.7 cm³/mol. The van der Waals surface area contributed by atoms with Crippen LogP contribution in [0.4, 0.5) is 0 Å². The topological polar surface area (TPSA) is 21.3 Å². The third-order valence-corrected chi connectivity index (χ3v) is 2.45. The van der Waals surface area contributed by atoms with Gasteiger partial charge in [0.1, 0.15) is 0 Å². The van der Waals surface area contributed by atoms with Crippen LogP contribution >= 0.6 is 0 Å². The van der Waals surface area contributed by atoms with Gasteiger partial charge < -0.3 is 10.1 Å². The van der Waals surface area contributed by atoms with Gasteiger partial charge in [0.15, 0.2) is 0 Å². The van der Waals surface area contributed by atoms with E-state index in [2.05, 4.69) is 11.7 Å². The second-order valence-corrected chi connectivity index (χ2v) is 3.24. The second-order valence-electron chi connectivity index (χ2n) is 3.24. The lowest BCUT2D eigenvalue weighted by Gasteiger charge is -2.32. The highest BCUT2D eigenvalue weighted by atomic mass is 16.5. The van der Waals surface area contributed by atoms with E-state index in [-0.39, 0.29) is 5.60 Å². The van der Waals surface area contributed by atoms with Crippen LogP contribution in [-0.4, -0.2) is 25.3 Å². The maximum absolute atomic E-state index is 5.73. The van der Waals surface area contributed by atoms with Crippen molar-refractivity contribution >= 4 is 0 Å². The Morgan fingerprint density at radius 1 is 1.50 bits per heavy atom. The van der Waals surface area contributed by atoms with Crippen molar-refractivity contribution in [2.45, 2.75) is 24.9 Å². The highest BCUT2D eigenvalue weighted by Crippen LogP contribution is 2.29. The minimum absolute atomic E-state index is 0.207. The van der Waals surface area contributed by atoms with Gasteiger partial charge in [-0.3, -0.25) is 0 Å². The number of ether oxygens (including phenoxy) is 1. The van der Waals surface area contributed by atoms with Crippen molar-refractivity contribution in [1.82, 2.24) is 5.32 Å². The molecule has 2 nitrogen and oxygen atoms in total. The molecule has 0 aromatic rings. The number of hydrogen-bond donors (Lipinski definition) is 1.